The zero-order chi connectivity index (χ0) is 13.0. The molecule has 1 aromatic heterocycles. The van der Waals surface area contributed by atoms with Gasteiger partial charge in [-0.3, -0.25) is 0 Å². The normalized spacial score (nSPS) is 24.1. The van der Waals surface area contributed by atoms with Crippen LogP contribution in [-0.4, -0.2) is 24.6 Å². The van der Waals surface area contributed by atoms with E-state index in [2.05, 4.69) is 48.1 Å². The van der Waals surface area contributed by atoms with Gasteiger partial charge in [0.15, 0.2) is 0 Å². The molecule has 2 heterocycles. The van der Waals surface area contributed by atoms with Gasteiger partial charge in [-0.2, -0.15) is 0 Å². The summed E-state index contributed by atoms with van der Waals surface area (Å²) in [4.78, 5) is 6.86. The van der Waals surface area contributed by atoms with Crippen LogP contribution in [0, 0.1) is 11.8 Å². The molecule has 1 saturated heterocycles. The molecular formula is C15H25N3. The molecule has 1 fully saturated rings. The minimum Gasteiger partial charge on any atom is -0.371 e. The highest BCUT2D eigenvalue weighted by Crippen LogP contribution is 2.27. The minimum absolute atomic E-state index is 0.777. The maximum absolute atomic E-state index is 4.37. The van der Waals surface area contributed by atoms with Gasteiger partial charge in [0, 0.05) is 37.6 Å². The van der Waals surface area contributed by atoms with Crippen LogP contribution in [0.3, 0.4) is 0 Å². The fourth-order valence-electron chi connectivity index (χ4n) is 2.46. The molecule has 1 aliphatic heterocycles. The van der Waals surface area contributed by atoms with E-state index < -0.39 is 0 Å². The van der Waals surface area contributed by atoms with Gasteiger partial charge in [-0.15, -0.1) is 0 Å². The van der Waals surface area contributed by atoms with Gasteiger partial charge in [0.05, 0.1) is 0 Å². The number of pyridine rings is 1. The highest BCUT2D eigenvalue weighted by atomic mass is 15.1. The zero-order valence-electron chi connectivity index (χ0n) is 11.8. The van der Waals surface area contributed by atoms with E-state index in [9.17, 15) is 0 Å². The number of anilines is 2. The van der Waals surface area contributed by atoms with E-state index in [0.29, 0.717) is 0 Å². The molecule has 1 N–H and O–H groups in total. The largest absolute Gasteiger partial charge is 0.371 e. The van der Waals surface area contributed by atoms with Gasteiger partial charge in [0.1, 0.15) is 5.82 Å². The van der Waals surface area contributed by atoms with Crippen molar-refractivity contribution in [3.05, 3.63) is 18.3 Å². The number of aromatic nitrogens is 1. The standard InChI is InChI=1S/C15H25N3/c1-4-7-16-15-10-14(5-8-17-15)18-9-6-12(2)13(3)11-18/h5,8,10,12-13H,4,6-7,9,11H2,1-3H3,(H,16,17). The number of hydrogen-bond donors (Lipinski definition) is 1. The molecule has 2 rings (SSSR count). The second-order valence-electron chi connectivity index (χ2n) is 5.52. The predicted octanol–water partition coefficient (Wildman–Crippen LogP) is 3.39. The topological polar surface area (TPSA) is 28.2 Å². The summed E-state index contributed by atoms with van der Waals surface area (Å²) < 4.78 is 0. The first-order valence-corrected chi connectivity index (χ1v) is 7.15. The van der Waals surface area contributed by atoms with E-state index in [1.807, 2.05) is 6.20 Å². The number of rotatable bonds is 4. The number of nitrogens with one attached hydrogen (secondary N) is 1. The zero-order valence-corrected chi connectivity index (χ0v) is 11.8. The summed E-state index contributed by atoms with van der Waals surface area (Å²) in [5, 5.41) is 3.36. The third kappa shape index (κ3) is 3.15. The van der Waals surface area contributed by atoms with E-state index in [1.54, 1.807) is 0 Å². The lowest BCUT2D eigenvalue weighted by Gasteiger charge is -2.36. The Morgan fingerprint density at radius 2 is 2.22 bits per heavy atom. The summed E-state index contributed by atoms with van der Waals surface area (Å²) in [6, 6.07) is 4.30. The van der Waals surface area contributed by atoms with Crippen molar-refractivity contribution in [3.63, 3.8) is 0 Å². The predicted molar refractivity (Wildman–Crippen MR) is 78.2 cm³/mol. The molecular weight excluding hydrogens is 222 g/mol. The Kier molecular flexibility index (Phi) is 4.45. The Morgan fingerprint density at radius 1 is 1.39 bits per heavy atom. The Morgan fingerprint density at radius 3 is 2.94 bits per heavy atom. The Balaban J connectivity index is 2.04. The number of piperidine rings is 1. The minimum atomic E-state index is 0.777. The maximum atomic E-state index is 4.37. The molecule has 0 amide bonds. The average molecular weight is 247 g/mol. The monoisotopic (exact) mass is 247 g/mol. The molecule has 2 atom stereocenters. The van der Waals surface area contributed by atoms with Crippen LogP contribution in [0.15, 0.2) is 18.3 Å². The molecule has 0 aromatic carbocycles. The van der Waals surface area contributed by atoms with Gasteiger partial charge < -0.3 is 10.2 Å². The molecule has 1 aromatic rings. The first-order valence-electron chi connectivity index (χ1n) is 7.15. The molecule has 3 heteroatoms. The third-order valence-corrected chi connectivity index (χ3v) is 4.00. The number of nitrogens with zero attached hydrogens (tertiary/aromatic N) is 2. The molecule has 0 saturated carbocycles. The molecule has 2 unspecified atom stereocenters. The molecule has 18 heavy (non-hydrogen) atoms. The molecule has 0 aliphatic carbocycles. The average Bonchev–Trinajstić information content (AvgIpc) is 2.40. The molecule has 1 aliphatic rings. The molecule has 0 spiro atoms. The van der Waals surface area contributed by atoms with E-state index in [0.717, 1.165) is 30.6 Å². The van der Waals surface area contributed by atoms with Crippen molar-refractivity contribution >= 4 is 11.5 Å². The SMILES string of the molecule is CCCNc1cc(N2CCC(C)C(C)C2)ccn1. The summed E-state index contributed by atoms with van der Waals surface area (Å²) >= 11 is 0. The highest BCUT2D eigenvalue weighted by Gasteiger charge is 2.22. The van der Waals surface area contributed by atoms with Crippen molar-refractivity contribution in [3.8, 4) is 0 Å². The highest BCUT2D eigenvalue weighted by molar-refractivity contribution is 5.54. The van der Waals surface area contributed by atoms with Crippen LogP contribution in [-0.2, 0) is 0 Å². The van der Waals surface area contributed by atoms with E-state index in [-0.39, 0.29) is 0 Å². The van der Waals surface area contributed by atoms with Gasteiger partial charge in [0.2, 0.25) is 0 Å². The van der Waals surface area contributed by atoms with Crippen LogP contribution in [0.5, 0.6) is 0 Å². The summed E-state index contributed by atoms with van der Waals surface area (Å²) in [6.07, 6.45) is 4.33. The summed E-state index contributed by atoms with van der Waals surface area (Å²) in [5.41, 5.74) is 1.31. The van der Waals surface area contributed by atoms with Crippen LogP contribution in [0.2, 0.25) is 0 Å². The second kappa shape index (κ2) is 6.07. The van der Waals surface area contributed by atoms with Gasteiger partial charge >= 0.3 is 0 Å². The van der Waals surface area contributed by atoms with E-state index in [1.165, 1.54) is 25.2 Å². The smallest absolute Gasteiger partial charge is 0.127 e. The first kappa shape index (κ1) is 13.2. The van der Waals surface area contributed by atoms with Crippen molar-refractivity contribution in [1.29, 1.82) is 0 Å². The van der Waals surface area contributed by atoms with Crippen LogP contribution >= 0.6 is 0 Å². The molecule has 100 valence electrons. The maximum Gasteiger partial charge on any atom is 0.127 e. The summed E-state index contributed by atoms with van der Waals surface area (Å²) in [5.74, 6) is 2.63. The number of hydrogen-bond acceptors (Lipinski definition) is 3. The van der Waals surface area contributed by atoms with Gasteiger partial charge in [0.25, 0.3) is 0 Å². The molecule has 0 radical (unpaired) electrons. The fourth-order valence-corrected chi connectivity index (χ4v) is 2.46. The van der Waals surface area contributed by atoms with Crippen molar-refractivity contribution < 1.29 is 0 Å². The Hall–Kier alpha value is -1.25. The van der Waals surface area contributed by atoms with Crippen molar-refractivity contribution in [2.45, 2.75) is 33.6 Å². The molecule has 0 bridgehead atoms. The summed E-state index contributed by atoms with van der Waals surface area (Å²) in [6.45, 7) is 10.2. The lowest BCUT2D eigenvalue weighted by Crippen LogP contribution is -2.38. The Bertz CT molecular complexity index is 378. The van der Waals surface area contributed by atoms with Crippen LogP contribution in [0.4, 0.5) is 11.5 Å². The van der Waals surface area contributed by atoms with Crippen LogP contribution in [0.25, 0.3) is 0 Å². The lowest BCUT2D eigenvalue weighted by atomic mass is 9.88. The van der Waals surface area contributed by atoms with Gasteiger partial charge in [-0.1, -0.05) is 20.8 Å². The van der Waals surface area contributed by atoms with Crippen LogP contribution in [0.1, 0.15) is 33.6 Å². The quantitative estimate of drug-likeness (QED) is 0.884. The first-order chi connectivity index (χ1) is 8.70. The summed E-state index contributed by atoms with van der Waals surface area (Å²) in [7, 11) is 0. The van der Waals surface area contributed by atoms with Gasteiger partial charge in [-0.05, 0) is 30.7 Å². The fraction of sp³-hybridized carbons (Fsp3) is 0.667. The van der Waals surface area contributed by atoms with Crippen LogP contribution < -0.4 is 10.2 Å². The second-order valence-corrected chi connectivity index (χ2v) is 5.52. The lowest BCUT2D eigenvalue weighted by molar-refractivity contribution is 0.324. The Labute approximate surface area is 111 Å². The van der Waals surface area contributed by atoms with E-state index >= 15 is 0 Å². The van der Waals surface area contributed by atoms with Gasteiger partial charge in [-0.25, -0.2) is 4.98 Å². The third-order valence-electron chi connectivity index (χ3n) is 4.00. The van der Waals surface area contributed by atoms with Crippen molar-refractivity contribution in [2.24, 2.45) is 11.8 Å². The van der Waals surface area contributed by atoms with Crippen molar-refractivity contribution in [2.75, 3.05) is 29.9 Å². The van der Waals surface area contributed by atoms with Crippen molar-refractivity contribution in [1.82, 2.24) is 4.98 Å². The molecule has 3 nitrogen and oxygen atoms in total. The van der Waals surface area contributed by atoms with E-state index in [4.69, 9.17) is 0 Å².